The van der Waals surface area contributed by atoms with Crippen LogP contribution in [0.4, 0.5) is 0 Å². The number of hydrogen-bond acceptors (Lipinski definition) is 3. The quantitative estimate of drug-likeness (QED) is 0.891. The maximum absolute atomic E-state index is 11.6. The van der Waals surface area contributed by atoms with Crippen LogP contribution in [-0.4, -0.2) is 27.0 Å². The predicted octanol–water partition coefficient (Wildman–Crippen LogP) is 1.36. The minimum absolute atomic E-state index is 0.211. The van der Waals surface area contributed by atoms with E-state index in [1.807, 2.05) is 29.1 Å². The molecular formula is C11H11ClN4O. The molecule has 2 aromatic heterocycles. The standard InChI is InChI=1S/C11H11ClN4O/c12-10-8-13-7-9(15-10)11(17)14-3-6-16-4-1-2-5-16/h1-2,4-5,7-8H,3,6H2,(H,14,17). The van der Waals surface area contributed by atoms with Crippen LogP contribution in [0.1, 0.15) is 10.5 Å². The number of carbonyl (C=O) groups is 1. The van der Waals surface area contributed by atoms with Crippen molar-refractivity contribution in [2.24, 2.45) is 0 Å². The molecule has 0 bridgehead atoms. The molecule has 5 nitrogen and oxygen atoms in total. The highest BCUT2D eigenvalue weighted by Crippen LogP contribution is 2.02. The van der Waals surface area contributed by atoms with Gasteiger partial charge in [0.2, 0.25) is 0 Å². The number of aromatic nitrogens is 3. The molecule has 0 radical (unpaired) electrons. The van der Waals surface area contributed by atoms with Gasteiger partial charge in [0.05, 0.1) is 12.4 Å². The molecule has 0 unspecified atom stereocenters. The number of carbonyl (C=O) groups excluding carboxylic acids is 1. The number of hydrogen-bond donors (Lipinski definition) is 1. The smallest absolute Gasteiger partial charge is 0.271 e. The molecule has 17 heavy (non-hydrogen) atoms. The molecule has 6 heteroatoms. The Balaban J connectivity index is 1.85. The second kappa shape index (κ2) is 5.45. The molecule has 0 aliphatic rings. The largest absolute Gasteiger partial charge is 0.353 e. The lowest BCUT2D eigenvalue weighted by atomic mass is 10.4. The van der Waals surface area contributed by atoms with E-state index in [-0.39, 0.29) is 16.8 Å². The third kappa shape index (κ3) is 3.29. The van der Waals surface area contributed by atoms with Gasteiger partial charge in [-0.15, -0.1) is 0 Å². The Hall–Kier alpha value is -1.88. The summed E-state index contributed by atoms with van der Waals surface area (Å²) < 4.78 is 1.98. The van der Waals surface area contributed by atoms with E-state index in [4.69, 9.17) is 11.6 Å². The first kappa shape index (κ1) is 11.6. The summed E-state index contributed by atoms with van der Waals surface area (Å²) in [6.45, 7) is 1.24. The number of amides is 1. The highest BCUT2D eigenvalue weighted by atomic mass is 35.5. The summed E-state index contributed by atoms with van der Waals surface area (Å²) >= 11 is 5.65. The van der Waals surface area contributed by atoms with Crippen LogP contribution in [0.3, 0.4) is 0 Å². The fourth-order valence-electron chi connectivity index (χ4n) is 1.36. The summed E-state index contributed by atoms with van der Waals surface area (Å²) in [7, 11) is 0. The van der Waals surface area contributed by atoms with Crippen LogP contribution in [0, 0.1) is 0 Å². The monoisotopic (exact) mass is 250 g/mol. The van der Waals surface area contributed by atoms with Crippen molar-refractivity contribution in [1.82, 2.24) is 19.9 Å². The molecule has 1 amide bonds. The zero-order valence-electron chi connectivity index (χ0n) is 9.01. The summed E-state index contributed by atoms with van der Waals surface area (Å²) in [5.41, 5.74) is 0.227. The molecule has 0 saturated carbocycles. The number of nitrogens with one attached hydrogen (secondary N) is 1. The van der Waals surface area contributed by atoms with Crippen molar-refractivity contribution in [3.63, 3.8) is 0 Å². The third-order valence-electron chi connectivity index (χ3n) is 2.16. The van der Waals surface area contributed by atoms with Crippen molar-refractivity contribution >= 4 is 17.5 Å². The van der Waals surface area contributed by atoms with Crippen molar-refractivity contribution in [2.75, 3.05) is 6.54 Å². The number of nitrogens with zero attached hydrogens (tertiary/aromatic N) is 3. The van der Waals surface area contributed by atoms with Crippen molar-refractivity contribution in [3.05, 3.63) is 47.8 Å². The Morgan fingerprint density at radius 2 is 2.12 bits per heavy atom. The SMILES string of the molecule is O=C(NCCn1cccc1)c1cncc(Cl)n1. The van der Waals surface area contributed by atoms with Gasteiger partial charge in [-0.3, -0.25) is 9.78 Å². The molecule has 0 aromatic carbocycles. The summed E-state index contributed by atoms with van der Waals surface area (Å²) in [5.74, 6) is -0.271. The van der Waals surface area contributed by atoms with E-state index >= 15 is 0 Å². The van der Waals surface area contributed by atoms with Gasteiger partial charge in [0.1, 0.15) is 10.8 Å². The molecule has 2 heterocycles. The first-order valence-electron chi connectivity index (χ1n) is 5.12. The van der Waals surface area contributed by atoms with Gasteiger partial charge in [0.15, 0.2) is 0 Å². The molecule has 0 fully saturated rings. The van der Waals surface area contributed by atoms with Gasteiger partial charge in [0.25, 0.3) is 5.91 Å². The Kier molecular flexibility index (Phi) is 3.72. The van der Waals surface area contributed by atoms with E-state index in [1.165, 1.54) is 12.4 Å². The fourth-order valence-corrected chi connectivity index (χ4v) is 1.51. The van der Waals surface area contributed by atoms with Crippen LogP contribution in [0.25, 0.3) is 0 Å². The van der Waals surface area contributed by atoms with Crippen molar-refractivity contribution in [1.29, 1.82) is 0 Å². The molecule has 88 valence electrons. The maximum atomic E-state index is 11.6. The van der Waals surface area contributed by atoms with Gasteiger partial charge in [-0.1, -0.05) is 11.6 Å². The zero-order chi connectivity index (χ0) is 12.1. The zero-order valence-corrected chi connectivity index (χ0v) is 9.76. The average molecular weight is 251 g/mol. The van der Waals surface area contributed by atoms with Gasteiger partial charge in [-0.2, -0.15) is 0 Å². The van der Waals surface area contributed by atoms with Crippen molar-refractivity contribution < 1.29 is 4.79 Å². The second-order valence-corrected chi connectivity index (χ2v) is 3.79. The Morgan fingerprint density at radius 3 is 2.82 bits per heavy atom. The molecule has 0 aliphatic carbocycles. The van der Waals surface area contributed by atoms with E-state index in [0.29, 0.717) is 13.1 Å². The van der Waals surface area contributed by atoms with Gasteiger partial charge in [0, 0.05) is 25.5 Å². The molecule has 2 aromatic rings. The normalized spacial score (nSPS) is 10.2. The number of rotatable bonds is 4. The molecule has 0 aliphatic heterocycles. The molecule has 2 rings (SSSR count). The average Bonchev–Trinajstić information content (AvgIpc) is 2.82. The van der Waals surface area contributed by atoms with E-state index in [1.54, 1.807) is 0 Å². The van der Waals surface area contributed by atoms with E-state index in [0.717, 1.165) is 0 Å². The van der Waals surface area contributed by atoms with Gasteiger partial charge < -0.3 is 9.88 Å². The summed E-state index contributed by atoms with van der Waals surface area (Å²) in [6, 6.07) is 3.87. The molecule has 0 saturated heterocycles. The Morgan fingerprint density at radius 1 is 1.35 bits per heavy atom. The lowest BCUT2D eigenvalue weighted by Crippen LogP contribution is -2.27. The Bertz CT molecular complexity index is 498. The predicted molar refractivity (Wildman–Crippen MR) is 63.8 cm³/mol. The van der Waals surface area contributed by atoms with Gasteiger partial charge in [-0.05, 0) is 12.1 Å². The van der Waals surface area contributed by atoms with Gasteiger partial charge >= 0.3 is 0 Å². The van der Waals surface area contributed by atoms with Crippen LogP contribution >= 0.6 is 11.6 Å². The van der Waals surface area contributed by atoms with Crippen molar-refractivity contribution in [3.8, 4) is 0 Å². The topological polar surface area (TPSA) is 59.8 Å². The first-order valence-corrected chi connectivity index (χ1v) is 5.50. The second-order valence-electron chi connectivity index (χ2n) is 3.40. The molecule has 0 spiro atoms. The van der Waals surface area contributed by atoms with Crippen LogP contribution in [0.2, 0.25) is 5.15 Å². The van der Waals surface area contributed by atoms with Crippen molar-refractivity contribution in [2.45, 2.75) is 6.54 Å². The molecule has 1 N–H and O–H groups in total. The summed E-state index contributed by atoms with van der Waals surface area (Å²) in [6.07, 6.45) is 6.64. The minimum atomic E-state index is -0.271. The third-order valence-corrected chi connectivity index (χ3v) is 2.34. The number of halogens is 1. The van der Waals surface area contributed by atoms with E-state index in [2.05, 4.69) is 15.3 Å². The lowest BCUT2D eigenvalue weighted by molar-refractivity contribution is 0.0947. The molecule has 0 atom stereocenters. The van der Waals surface area contributed by atoms with Crippen LogP contribution in [0.15, 0.2) is 36.9 Å². The molecular weight excluding hydrogens is 240 g/mol. The van der Waals surface area contributed by atoms with Crippen LogP contribution in [-0.2, 0) is 6.54 Å². The highest BCUT2D eigenvalue weighted by molar-refractivity contribution is 6.29. The Labute approximate surface area is 103 Å². The van der Waals surface area contributed by atoms with Gasteiger partial charge in [-0.25, -0.2) is 4.98 Å². The maximum Gasteiger partial charge on any atom is 0.271 e. The lowest BCUT2D eigenvalue weighted by Gasteiger charge is -2.05. The fraction of sp³-hybridized carbons (Fsp3) is 0.182. The van der Waals surface area contributed by atoms with E-state index in [9.17, 15) is 4.79 Å². The highest BCUT2D eigenvalue weighted by Gasteiger charge is 2.07. The van der Waals surface area contributed by atoms with E-state index < -0.39 is 0 Å². The summed E-state index contributed by atoms with van der Waals surface area (Å²) in [5, 5.41) is 2.95. The summed E-state index contributed by atoms with van der Waals surface area (Å²) in [4.78, 5) is 19.3. The van der Waals surface area contributed by atoms with Crippen LogP contribution in [0.5, 0.6) is 0 Å². The first-order chi connectivity index (χ1) is 8.25. The van der Waals surface area contributed by atoms with Crippen LogP contribution < -0.4 is 5.32 Å². The minimum Gasteiger partial charge on any atom is -0.353 e.